The van der Waals surface area contributed by atoms with Crippen LogP contribution in [0.3, 0.4) is 0 Å². The Morgan fingerprint density at radius 1 is 1.05 bits per heavy atom. The number of benzene rings is 3. The molecule has 1 aromatic heterocycles. The first-order chi connectivity index (χ1) is 18.1. The number of carbonyl (C=O) groups is 1. The smallest absolute Gasteiger partial charge is 0.266 e. The lowest BCUT2D eigenvalue weighted by Crippen LogP contribution is -2.13. The van der Waals surface area contributed by atoms with Crippen LogP contribution < -0.4 is 10.1 Å². The number of carbonyl (C=O) groups excluding carboxylic acids is 1. The van der Waals surface area contributed by atoms with Crippen molar-refractivity contribution in [3.63, 3.8) is 0 Å². The summed E-state index contributed by atoms with van der Waals surface area (Å²) < 4.78 is 7.21. The van der Waals surface area contributed by atoms with Crippen LogP contribution in [0.4, 0.5) is 5.69 Å². The largest absolute Gasteiger partial charge is 0.494 e. The third-order valence-corrected chi connectivity index (χ3v) is 6.67. The lowest BCUT2D eigenvalue weighted by molar-refractivity contribution is -0.112. The molecular weight excluding hydrogens is 480 g/mol. The summed E-state index contributed by atoms with van der Waals surface area (Å²) in [6.45, 7) is 4.63. The van der Waals surface area contributed by atoms with Crippen molar-refractivity contribution in [2.24, 2.45) is 0 Å². The maximum Gasteiger partial charge on any atom is 0.266 e. The molecule has 0 radical (unpaired) electrons. The number of amides is 1. The quantitative estimate of drug-likeness (QED) is 0.142. The van der Waals surface area contributed by atoms with Gasteiger partial charge in [-0.1, -0.05) is 37.3 Å². The van der Waals surface area contributed by atoms with Gasteiger partial charge in [-0.15, -0.1) is 11.8 Å². The molecule has 4 aromatic rings. The highest BCUT2D eigenvalue weighted by molar-refractivity contribution is 7.99. The second-order valence-electron chi connectivity index (χ2n) is 8.17. The van der Waals surface area contributed by atoms with Gasteiger partial charge in [0.15, 0.2) is 0 Å². The summed E-state index contributed by atoms with van der Waals surface area (Å²) in [5.74, 6) is 1.29. The van der Waals surface area contributed by atoms with Gasteiger partial charge in [-0.2, -0.15) is 10.4 Å². The van der Waals surface area contributed by atoms with E-state index in [0.717, 1.165) is 23.4 Å². The molecule has 37 heavy (non-hydrogen) atoms. The molecule has 0 fully saturated rings. The number of nitrogens with zero attached hydrogens (tertiary/aromatic N) is 3. The first kappa shape index (κ1) is 25.8. The number of thioether (sulfide) groups is 1. The molecule has 1 N–H and O–H groups in total. The molecule has 0 unspecified atom stereocenters. The average molecular weight is 509 g/mol. The molecule has 0 bridgehead atoms. The van der Waals surface area contributed by atoms with Crippen LogP contribution in [0.15, 0.2) is 95.5 Å². The van der Waals surface area contributed by atoms with E-state index in [1.807, 2.05) is 73.4 Å². The van der Waals surface area contributed by atoms with Gasteiger partial charge in [-0.05, 0) is 73.7 Å². The van der Waals surface area contributed by atoms with E-state index in [1.54, 1.807) is 35.0 Å². The summed E-state index contributed by atoms with van der Waals surface area (Å²) >= 11 is 1.81. The van der Waals surface area contributed by atoms with Crippen molar-refractivity contribution in [3.05, 3.63) is 96.2 Å². The number of rotatable bonds is 10. The number of nitrogens with one attached hydrogen (secondary N) is 1. The molecular formula is C30H28N4O2S. The Balaban J connectivity index is 1.66. The van der Waals surface area contributed by atoms with Crippen molar-refractivity contribution in [1.29, 1.82) is 5.26 Å². The van der Waals surface area contributed by atoms with Crippen LogP contribution in [0.1, 0.15) is 25.8 Å². The fraction of sp³-hybridized carbons (Fsp3) is 0.167. The molecule has 7 heteroatoms. The number of anilines is 1. The van der Waals surface area contributed by atoms with Gasteiger partial charge in [-0.25, -0.2) is 4.68 Å². The molecule has 3 aromatic carbocycles. The van der Waals surface area contributed by atoms with Crippen LogP contribution in [0, 0.1) is 11.3 Å². The van der Waals surface area contributed by atoms with Crippen molar-refractivity contribution in [2.75, 3.05) is 17.7 Å². The van der Waals surface area contributed by atoms with Crippen molar-refractivity contribution in [1.82, 2.24) is 9.78 Å². The minimum Gasteiger partial charge on any atom is -0.494 e. The molecule has 0 saturated heterocycles. The van der Waals surface area contributed by atoms with Gasteiger partial charge >= 0.3 is 0 Å². The van der Waals surface area contributed by atoms with E-state index in [1.165, 1.54) is 4.90 Å². The van der Waals surface area contributed by atoms with Gasteiger partial charge in [0, 0.05) is 27.9 Å². The van der Waals surface area contributed by atoms with E-state index in [9.17, 15) is 10.1 Å². The second-order valence-corrected chi connectivity index (χ2v) is 9.34. The number of hydrogen-bond acceptors (Lipinski definition) is 5. The van der Waals surface area contributed by atoms with Crippen LogP contribution in [0.25, 0.3) is 23.0 Å². The van der Waals surface area contributed by atoms with Crippen molar-refractivity contribution in [2.45, 2.75) is 25.2 Å². The third-order valence-electron chi connectivity index (χ3n) is 5.45. The van der Waals surface area contributed by atoms with Gasteiger partial charge in [0.05, 0.1) is 18.0 Å². The Morgan fingerprint density at radius 2 is 1.78 bits per heavy atom. The fourth-order valence-corrected chi connectivity index (χ4v) is 4.43. The maximum atomic E-state index is 13.0. The van der Waals surface area contributed by atoms with Gasteiger partial charge in [0.25, 0.3) is 5.91 Å². The Bertz CT molecular complexity index is 1400. The summed E-state index contributed by atoms with van der Waals surface area (Å²) in [5.41, 5.74) is 3.73. The summed E-state index contributed by atoms with van der Waals surface area (Å²) in [6, 6.07) is 27.0. The number of para-hydroxylation sites is 1. The Morgan fingerprint density at radius 3 is 2.43 bits per heavy atom. The third kappa shape index (κ3) is 6.69. The zero-order valence-electron chi connectivity index (χ0n) is 20.8. The van der Waals surface area contributed by atoms with Crippen molar-refractivity contribution < 1.29 is 9.53 Å². The second kappa shape index (κ2) is 12.6. The Hall–Kier alpha value is -4.28. The van der Waals surface area contributed by atoms with Gasteiger partial charge in [-0.3, -0.25) is 4.79 Å². The molecule has 0 aliphatic carbocycles. The molecule has 1 heterocycles. The number of ether oxygens (including phenoxy) is 1. The fourth-order valence-electron chi connectivity index (χ4n) is 3.66. The SMILES string of the molecule is CCCSc1ccc(-c2nn(-c3ccccc3)cc2C=C(C#N)C(=O)Nc2ccc(OCC)cc2)cc1. The maximum absolute atomic E-state index is 13.0. The van der Waals surface area contributed by atoms with Gasteiger partial charge in [0.1, 0.15) is 17.4 Å². The highest BCUT2D eigenvalue weighted by Gasteiger charge is 2.16. The number of nitriles is 1. The standard InChI is InChI=1S/C30H28N4O2S/c1-3-18-37-28-16-10-22(11-17-28)29-24(21-34(33-29)26-8-6-5-7-9-26)19-23(20-31)30(35)32-25-12-14-27(15-13-25)36-4-2/h5-17,19,21H,3-4,18H2,1-2H3,(H,32,35). The van der Waals surface area contributed by atoms with E-state index in [0.29, 0.717) is 29.3 Å². The van der Waals surface area contributed by atoms with Crippen LogP contribution >= 0.6 is 11.8 Å². The molecule has 0 spiro atoms. The first-order valence-corrected chi connectivity index (χ1v) is 13.1. The molecule has 6 nitrogen and oxygen atoms in total. The Labute approximate surface area is 221 Å². The van der Waals surface area contributed by atoms with Gasteiger partial charge < -0.3 is 10.1 Å². The van der Waals surface area contributed by atoms with E-state index in [2.05, 4.69) is 24.4 Å². The summed E-state index contributed by atoms with van der Waals surface area (Å²) in [6.07, 6.45) is 4.54. The first-order valence-electron chi connectivity index (χ1n) is 12.2. The number of aromatic nitrogens is 2. The lowest BCUT2D eigenvalue weighted by atomic mass is 10.1. The average Bonchev–Trinajstić information content (AvgIpc) is 3.36. The highest BCUT2D eigenvalue weighted by atomic mass is 32.2. The van der Waals surface area contributed by atoms with E-state index in [-0.39, 0.29) is 5.57 Å². The van der Waals surface area contributed by atoms with Crippen molar-refractivity contribution >= 4 is 29.4 Å². The molecule has 0 aliphatic rings. The summed E-state index contributed by atoms with van der Waals surface area (Å²) in [4.78, 5) is 14.2. The van der Waals surface area contributed by atoms with Crippen molar-refractivity contribution in [3.8, 4) is 28.8 Å². The molecule has 1 amide bonds. The summed E-state index contributed by atoms with van der Waals surface area (Å²) in [5, 5.41) is 17.4. The van der Waals surface area contributed by atoms with Crippen LogP contribution in [0.2, 0.25) is 0 Å². The predicted molar refractivity (Wildman–Crippen MR) is 150 cm³/mol. The van der Waals surface area contributed by atoms with Crippen LogP contribution in [-0.2, 0) is 4.79 Å². The molecule has 186 valence electrons. The molecule has 0 atom stereocenters. The normalized spacial score (nSPS) is 11.1. The monoisotopic (exact) mass is 508 g/mol. The highest BCUT2D eigenvalue weighted by Crippen LogP contribution is 2.29. The lowest BCUT2D eigenvalue weighted by Gasteiger charge is -2.07. The zero-order valence-corrected chi connectivity index (χ0v) is 21.7. The van der Waals surface area contributed by atoms with Gasteiger partial charge in [0.2, 0.25) is 0 Å². The van der Waals surface area contributed by atoms with E-state index >= 15 is 0 Å². The topological polar surface area (TPSA) is 79.9 Å². The van der Waals surface area contributed by atoms with E-state index in [4.69, 9.17) is 9.84 Å². The summed E-state index contributed by atoms with van der Waals surface area (Å²) in [7, 11) is 0. The molecule has 0 aliphatic heterocycles. The minimum atomic E-state index is -0.489. The molecule has 0 saturated carbocycles. The minimum absolute atomic E-state index is 0.0159. The Kier molecular flexibility index (Phi) is 8.79. The zero-order chi connectivity index (χ0) is 26.0. The van der Waals surface area contributed by atoms with E-state index < -0.39 is 5.91 Å². The molecule has 4 rings (SSSR count). The van der Waals surface area contributed by atoms with Crippen LogP contribution in [0.5, 0.6) is 5.75 Å². The number of hydrogen-bond donors (Lipinski definition) is 1. The van der Waals surface area contributed by atoms with Crippen LogP contribution in [-0.4, -0.2) is 28.0 Å². The predicted octanol–water partition coefficient (Wildman–Crippen LogP) is 6.99.